The second-order valence-electron chi connectivity index (χ2n) is 10.9. The largest absolute Gasteiger partial charge is 0.438 e. The Bertz CT molecular complexity index is 1580. The quantitative estimate of drug-likeness (QED) is 0.237. The number of nitrogens with zero attached hydrogens (tertiary/aromatic N) is 4. The van der Waals surface area contributed by atoms with E-state index in [1.165, 1.54) is 6.20 Å². The van der Waals surface area contributed by atoms with Gasteiger partial charge >= 0.3 is 0 Å². The summed E-state index contributed by atoms with van der Waals surface area (Å²) in [6.07, 6.45) is 1.44. The van der Waals surface area contributed by atoms with Crippen molar-refractivity contribution in [3.05, 3.63) is 95.2 Å². The minimum absolute atomic E-state index is 0.0627. The second-order valence-corrected chi connectivity index (χ2v) is 10.9. The number of para-hydroxylation sites is 1. The number of amides is 2. The van der Waals surface area contributed by atoms with Gasteiger partial charge in [-0.1, -0.05) is 18.2 Å². The molecular formula is C33H37N7O3. The van der Waals surface area contributed by atoms with Crippen molar-refractivity contribution in [1.29, 1.82) is 0 Å². The van der Waals surface area contributed by atoms with Gasteiger partial charge in [-0.25, -0.2) is 4.98 Å². The van der Waals surface area contributed by atoms with E-state index < -0.39 is 11.8 Å². The third-order valence-electron chi connectivity index (χ3n) is 7.60. The first-order valence-corrected chi connectivity index (χ1v) is 14.4. The third-order valence-corrected chi connectivity index (χ3v) is 7.60. The molecule has 43 heavy (non-hydrogen) atoms. The van der Waals surface area contributed by atoms with E-state index in [4.69, 9.17) is 10.5 Å². The zero-order valence-electron chi connectivity index (χ0n) is 24.9. The maximum absolute atomic E-state index is 13.4. The highest BCUT2D eigenvalue weighted by Crippen LogP contribution is 2.28. The van der Waals surface area contributed by atoms with E-state index in [1.54, 1.807) is 24.3 Å². The summed E-state index contributed by atoms with van der Waals surface area (Å²) in [6, 6.07) is 20.8. The molecule has 1 aromatic heterocycles. The number of nitrogens with one attached hydrogen (secondary N) is 2. The van der Waals surface area contributed by atoms with Crippen LogP contribution in [0.15, 0.2) is 72.9 Å². The highest BCUT2D eigenvalue weighted by Gasteiger charge is 2.21. The predicted octanol–water partition coefficient (Wildman–Crippen LogP) is 5.51. The van der Waals surface area contributed by atoms with Gasteiger partial charge in [-0.15, -0.1) is 0 Å². The van der Waals surface area contributed by atoms with Gasteiger partial charge < -0.3 is 26.0 Å². The normalized spacial score (nSPS) is 13.6. The van der Waals surface area contributed by atoms with Crippen LogP contribution in [-0.4, -0.2) is 58.9 Å². The summed E-state index contributed by atoms with van der Waals surface area (Å²) in [4.78, 5) is 38.8. The molecule has 0 spiro atoms. The molecule has 10 heteroatoms. The predicted molar refractivity (Wildman–Crippen MR) is 170 cm³/mol. The fourth-order valence-corrected chi connectivity index (χ4v) is 5.03. The van der Waals surface area contributed by atoms with Crippen molar-refractivity contribution in [2.24, 2.45) is 5.73 Å². The molecular weight excluding hydrogens is 542 g/mol. The van der Waals surface area contributed by atoms with Crippen LogP contribution in [0.1, 0.15) is 45.7 Å². The van der Waals surface area contributed by atoms with Crippen molar-refractivity contribution >= 4 is 34.8 Å². The van der Waals surface area contributed by atoms with Crippen LogP contribution < -0.4 is 26.0 Å². The number of nitrogens with two attached hydrogens (primary N) is 1. The van der Waals surface area contributed by atoms with Gasteiger partial charge in [0, 0.05) is 61.0 Å². The number of hydrogen-bond acceptors (Lipinski definition) is 8. The molecule has 0 radical (unpaired) electrons. The van der Waals surface area contributed by atoms with Crippen molar-refractivity contribution in [2.45, 2.75) is 33.7 Å². The Morgan fingerprint density at radius 1 is 0.907 bits per heavy atom. The van der Waals surface area contributed by atoms with Crippen LogP contribution in [-0.2, 0) is 0 Å². The minimum atomic E-state index is -0.544. The van der Waals surface area contributed by atoms with E-state index in [0.29, 0.717) is 17.4 Å². The van der Waals surface area contributed by atoms with Crippen LogP contribution >= 0.6 is 0 Å². The second kappa shape index (κ2) is 12.9. The molecule has 0 bridgehead atoms. The van der Waals surface area contributed by atoms with Crippen molar-refractivity contribution in [3.8, 4) is 11.6 Å². The lowest BCUT2D eigenvalue weighted by molar-refractivity contribution is 0.0997. The minimum Gasteiger partial charge on any atom is -0.438 e. The zero-order chi connectivity index (χ0) is 30.5. The molecule has 0 aliphatic carbocycles. The van der Waals surface area contributed by atoms with Crippen molar-refractivity contribution in [3.63, 3.8) is 0 Å². The van der Waals surface area contributed by atoms with Crippen molar-refractivity contribution in [1.82, 2.24) is 14.9 Å². The summed E-state index contributed by atoms with van der Waals surface area (Å²) in [5.41, 5.74) is 10.4. The van der Waals surface area contributed by atoms with Crippen LogP contribution in [0.4, 0.5) is 23.0 Å². The molecule has 0 unspecified atom stereocenters. The lowest BCUT2D eigenvalue weighted by Gasteiger charge is -2.38. The Kier molecular flexibility index (Phi) is 8.87. The summed E-state index contributed by atoms with van der Waals surface area (Å²) in [7, 11) is 0. The number of primary amides is 1. The maximum Gasteiger partial charge on any atom is 0.262 e. The average Bonchev–Trinajstić information content (AvgIpc) is 3.00. The fourth-order valence-electron chi connectivity index (χ4n) is 5.03. The first-order valence-electron chi connectivity index (χ1n) is 14.4. The number of anilines is 4. The molecule has 1 fully saturated rings. The Hall–Kier alpha value is -4.96. The maximum atomic E-state index is 13.4. The monoisotopic (exact) mass is 579 g/mol. The van der Waals surface area contributed by atoms with E-state index >= 15 is 0 Å². The van der Waals surface area contributed by atoms with E-state index in [2.05, 4.69) is 56.4 Å². The summed E-state index contributed by atoms with van der Waals surface area (Å²) < 4.78 is 6.05. The van der Waals surface area contributed by atoms with Crippen LogP contribution in [0.3, 0.4) is 0 Å². The van der Waals surface area contributed by atoms with Crippen LogP contribution in [0.5, 0.6) is 11.6 Å². The van der Waals surface area contributed by atoms with Crippen LogP contribution in [0, 0.1) is 13.8 Å². The van der Waals surface area contributed by atoms with Gasteiger partial charge in [-0.2, -0.15) is 4.98 Å². The Balaban J connectivity index is 1.37. The molecule has 222 valence electrons. The van der Waals surface area contributed by atoms with Gasteiger partial charge in [0.1, 0.15) is 11.3 Å². The highest BCUT2D eigenvalue weighted by molar-refractivity contribution is 6.06. The molecule has 0 atom stereocenters. The molecule has 1 aliphatic heterocycles. The summed E-state index contributed by atoms with van der Waals surface area (Å²) in [5.74, 6) is -0.233. The number of carbonyl (C=O) groups is 2. The molecule has 3 aromatic carbocycles. The van der Waals surface area contributed by atoms with Crippen LogP contribution in [0.25, 0.3) is 0 Å². The molecule has 2 amide bonds. The first-order chi connectivity index (χ1) is 20.7. The number of aryl methyl sites for hydroxylation is 2. The number of benzene rings is 3. The average molecular weight is 580 g/mol. The lowest BCUT2D eigenvalue weighted by atomic mass is 10.1. The molecule has 0 saturated carbocycles. The van der Waals surface area contributed by atoms with Gasteiger partial charge in [0.25, 0.3) is 5.91 Å². The van der Waals surface area contributed by atoms with Crippen molar-refractivity contribution < 1.29 is 14.3 Å². The standard InChI is InChI=1S/C33H37N7O3/c1-21(2)39-16-18-40(19-17-39)26-12-10-25(11-13-26)36-33-35-20-28(31(42)37-29-22(3)6-5-7-23(29)4)32(38-33)43-27-14-8-24(9-15-27)30(34)41/h5-15,20-21H,16-19H2,1-4H3,(H2,34,41)(H,37,42)(H,35,36,38). The molecule has 1 aliphatic rings. The van der Waals surface area contributed by atoms with Gasteiger partial charge in [-0.05, 0) is 87.4 Å². The summed E-state index contributed by atoms with van der Waals surface area (Å²) >= 11 is 0. The Morgan fingerprint density at radius 3 is 2.16 bits per heavy atom. The Morgan fingerprint density at radius 2 is 1.56 bits per heavy atom. The molecule has 4 aromatic rings. The highest BCUT2D eigenvalue weighted by atomic mass is 16.5. The first kappa shape index (κ1) is 29.5. The van der Waals surface area contributed by atoms with Gasteiger partial charge in [0.15, 0.2) is 0 Å². The summed E-state index contributed by atoms with van der Waals surface area (Å²) in [6.45, 7) is 12.4. The number of rotatable bonds is 9. The van der Waals surface area contributed by atoms with E-state index in [1.807, 2.05) is 44.2 Å². The SMILES string of the molecule is Cc1cccc(C)c1NC(=O)c1cnc(Nc2ccc(N3CCN(C(C)C)CC3)cc2)nc1Oc1ccc(C(N)=O)cc1. The van der Waals surface area contributed by atoms with E-state index in [0.717, 1.165) is 54.4 Å². The zero-order valence-corrected chi connectivity index (χ0v) is 24.9. The number of hydrogen-bond donors (Lipinski definition) is 3. The number of carbonyl (C=O) groups excluding carboxylic acids is 2. The Labute approximate surface area is 251 Å². The van der Waals surface area contributed by atoms with Gasteiger partial charge in [-0.3, -0.25) is 14.5 Å². The number of ether oxygens (including phenoxy) is 1. The topological polar surface area (TPSA) is 126 Å². The lowest BCUT2D eigenvalue weighted by Crippen LogP contribution is -2.48. The number of aromatic nitrogens is 2. The van der Waals surface area contributed by atoms with Gasteiger partial charge in [0.05, 0.1) is 0 Å². The molecule has 2 heterocycles. The summed E-state index contributed by atoms with van der Waals surface area (Å²) in [5, 5.41) is 6.19. The molecule has 4 N–H and O–H groups in total. The van der Waals surface area contributed by atoms with Crippen LogP contribution in [0.2, 0.25) is 0 Å². The smallest absolute Gasteiger partial charge is 0.262 e. The molecule has 1 saturated heterocycles. The molecule has 5 rings (SSSR count). The van der Waals surface area contributed by atoms with Crippen molar-refractivity contribution in [2.75, 3.05) is 41.7 Å². The van der Waals surface area contributed by atoms with E-state index in [9.17, 15) is 9.59 Å². The van der Waals surface area contributed by atoms with E-state index in [-0.39, 0.29) is 17.4 Å². The number of piperazine rings is 1. The molecule has 10 nitrogen and oxygen atoms in total. The van der Waals surface area contributed by atoms with Gasteiger partial charge in [0.2, 0.25) is 17.7 Å². The fraction of sp³-hybridized carbons (Fsp3) is 0.273. The third kappa shape index (κ3) is 7.10.